The Balaban J connectivity index is 2.36. The molecule has 0 fully saturated rings. The molecule has 1 aliphatic heterocycles. The minimum atomic E-state index is -4.54. The monoisotopic (exact) mass is 282 g/mol. The summed E-state index contributed by atoms with van der Waals surface area (Å²) in [4.78, 5) is 13.9. The number of nitrogens with one attached hydrogen (secondary N) is 2. The number of halogens is 3. The molecule has 0 radical (unpaired) electrons. The van der Waals surface area contributed by atoms with E-state index in [-0.39, 0.29) is 16.8 Å². The number of benzene rings is 1. The number of hydrogen-bond donors (Lipinski definition) is 2. The lowest BCUT2D eigenvalue weighted by Crippen LogP contribution is -2.17. The zero-order valence-electron chi connectivity index (χ0n) is 10.8. The molecule has 2 N–H and O–H groups in total. The largest absolute Gasteiger partial charge is 0.417 e. The first-order valence-electron chi connectivity index (χ1n) is 6.38. The Kier molecular flexibility index (Phi) is 2.77. The number of alkyl halides is 3. The number of aromatic nitrogens is 1. The molecule has 2 aromatic rings. The van der Waals surface area contributed by atoms with Gasteiger partial charge in [-0.25, -0.2) is 0 Å². The third kappa shape index (κ3) is 2.05. The Hall–Kier alpha value is -1.98. The normalized spacial score (nSPS) is 18.7. The standard InChI is InChI=1S/C14H13F3N2O/c1-7-2-3-18-11-6-12-9(4-8(7)11)10(14(15,16)17)5-13(20)19-12/h4-7,18H,2-3H2,1H3,(H,19,20). The minimum absolute atomic E-state index is 0.0476. The smallest absolute Gasteiger partial charge is 0.385 e. The van der Waals surface area contributed by atoms with E-state index in [1.165, 1.54) is 0 Å². The van der Waals surface area contributed by atoms with Crippen LogP contribution in [0.3, 0.4) is 0 Å². The Morgan fingerprint density at radius 2 is 2.00 bits per heavy atom. The van der Waals surface area contributed by atoms with E-state index in [1.807, 2.05) is 6.92 Å². The SMILES string of the molecule is CC1CCNc2cc3[nH]c(=O)cc(C(F)(F)F)c3cc21. The summed E-state index contributed by atoms with van der Waals surface area (Å²) in [5, 5.41) is 3.21. The van der Waals surface area contributed by atoms with Crippen LogP contribution in [0.1, 0.15) is 30.4 Å². The molecule has 0 saturated carbocycles. The molecule has 0 amide bonds. The van der Waals surface area contributed by atoms with Crippen molar-refractivity contribution in [2.24, 2.45) is 0 Å². The van der Waals surface area contributed by atoms with Crippen LogP contribution in [0.4, 0.5) is 18.9 Å². The number of pyridine rings is 1. The third-order valence-corrected chi connectivity index (χ3v) is 3.74. The summed E-state index contributed by atoms with van der Waals surface area (Å²) in [7, 11) is 0. The summed E-state index contributed by atoms with van der Waals surface area (Å²) < 4.78 is 39.2. The zero-order chi connectivity index (χ0) is 14.5. The molecule has 1 aromatic heterocycles. The Morgan fingerprint density at radius 3 is 2.70 bits per heavy atom. The Bertz CT molecular complexity index is 734. The van der Waals surface area contributed by atoms with Crippen LogP contribution in [-0.2, 0) is 6.18 Å². The first kappa shape index (κ1) is 13.0. The molecule has 3 nitrogen and oxygen atoms in total. The van der Waals surface area contributed by atoms with Crippen molar-refractivity contribution in [1.82, 2.24) is 4.98 Å². The molecule has 20 heavy (non-hydrogen) atoms. The van der Waals surface area contributed by atoms with Gasteiger partial charge >= 0.3 is 6.18 Å². The maximum Gasteiger partial charge on any atom is 0.417 e. The highest BCUT2D eigenvalue weighted by atomic mass is 19.4. The number of fused-ring (bicyclic) bond motifs is 2. The van der Waals surface area contributed by atoms with E-state index in [1.54, 1.807) is 12.1 Å². The van der Waals surface area contributed by atoms with Crippen LogP contribution in [0.5, 0.6) is 0 Å². The molecule has 3 rings (SSSR count). The van der Waals surface area contributed by atoms with E-state index in [2.05, 4.69) is 10.3 Å². The quantitative estimate of drug-likeness (QED) is 0.777. The van der Waals surface area contributed by atoms with Gasteiger partial charge in [0, 0.05) is 23.7 Å². The third-order valence-electron chi connectivity index (χ3n) is 3.74. The van der Waals surface area contributed by atoms with Crippen LogP contribution in [0.25, 0.3) is 10.9 Å². The fraction of sp³-hybridized carbons (Fsp3) is 0.357. The molecule has 1 unspecified atom stereocenters. The number of hydrogen-bond acceptors (Lipinski definition) is 2. The van der Waals surface area contributed by atoms with Gasteiger partial charge in [0.15, 0.2) is 0 Å². The Morgan fingerprint density at radius 1 is 1.25 bits per heavy atom. The summed E-state index contributed by atoms with van der Waals surface area (Å²) >= 11 is 0. The van der Waals surface area contributed by atoms with E-state index >= 15 is 0 Å². The van der Waals surface area contributed by atoms with Crippen LogP contribution in [0.2, 0.25) is 0 Å². The van der Waals surface area contributed by atoms with Gasteiger partial charge in [0.1, 0.15) is 0 Å². The van der Waals surface area contributed by atoms with Crippen molar-refractivity contribution in [2.75, 3.05) is 11.9 Å². The molecule has 0 bridgehead atoms. The van der Waals surface area contributed by atoms with Gasteiger partial charge in [-0.2, -0.15) is 13.2 Å². The lowest BCUT2D eigenvalue weighted by molar-refractivity contribution is -0.136. The lowest BCUT2D eigenvalue weighted by atomic mass is 9.90. The highest BCUT2D eigenvalue weighted by Crippen LogP contribution is 2.38. The molecule has 1 aliphatic rings. The van der Waals surface area contributed by atoms with Crippen molar-refractivity contribution in [1.29, 1.82) is 0 Å². The summed E-state index contributed by atoms with van der Waals surface area (Å²) in [6, 6.07) is 3.76. The minimum Gasteiger partial charge on any atom is -0.385 e. The molecule has 1 aromatic carbocycles. The molecule has 6 heteroatoms. The van der Waals surface area contributed by atoms with Gasteiger partial charge in [-0.05, 0) is 30.0 Å². The molecule has 106 valence electrons. The maximum atomic E-state index is 13.1. The van der Waals surface area contributed by atoms with Crippen molar-refractivity contribution in [3.8, 4) is 0 Å². The second-order valence-electron chi connectivity index (χ2n) is 5.15. The van der Waals surface area contributed by atoms with Crippen molar-refractivity contribution in [3.63, 3.8) is 0 Å². The summed E-state index contributed by atoms with van der Waals surface area (Å²) in [5.74, 6) is 0.198. The lowest BCUT2D eigenvalue weighted by Gasteiger charge is -2.25. The van der Waals surface area contributed by atoms with Crippen molar-refractivity contribution >= 4 is 16.6 Å². The van der Waals surface area contributed by atoms with E-state index < -0.39 is 17.3 Å². The summed E-state index contributed by atoms with van der Waals surface area (Å²) in [6.07, 6.45) is -3.66. The van der Waals surface area contributed by atoms with Crippen molar-refractivity contribution in [3.05, 3.63) is 39.7 Å². The van der Waals surface area contributed by atoms with E-state index in [0.29, 0.717) is 6.07 Å². The average Bonchev–Trinajstić information content (AvgIpc) is 2.35. The molecular formula is C14H13F3N2O. The molecule has 2 heterocycles. The second-order valence-corrected chi connectivity index (χ2v) is 5.15. The Labute approximate surface area is 112 Å². The van der Waals surface area contributed by atoms with Crippen LogP contribution < -0.4 is 10.9 Å². The van der Waals surface area contributed by atoms with Gasteiger partial charge in [-0.1, -0.05) is 6.92 Å². The van der Waals surface area contributed by atoms with Crippen LogP contribution in [0.15, 0.2) is 23.0 Å². The van der Waals surface area contributed by atoms with Gasteiger partial charge in [-0.3, -0.25) is 4.79 Å². The van der Waals surface area contributed by atoms with Gasteiger partial charge in [0.05, 0.1) is 11.1 Å². The number of aromatic amines is 1. The highest BCUT2D eigenvalue weighted by Gasteiger charge is 2.34. The highest BCUT2D eigenvalue weighted by molar-refractivity contribution is 5.87. The fourth-order valence-corrected chi connectivity index (χ4v) is 2.69. The van der Waals surface area contributed by atoms with E-state index in [0.717, 1.165) is 24.2 Å². The van der Waals surface area contributed by atoms with Gasteiger partial charge in [0.2, 0.25) is 5.56 Å². The molecular weight excluding hydrogens is 269 g/mol. The van der Waals surface area contributed by atoms with E-state index in [9.17, 15) is 18.0 Å². The van der Waals surface area contributed by atoms with Crippen molar-refractivity contribution in [2.45, 2.75) is 25.4 Å². The fourth-order valence-electron chi connectivity index (χ4n) is 2.69. The molecule has 1 atom stereocenters. The predicted molar refractivity (Wildman–Crippen MR) is 71.1 cm³/mol. The molecule has 0 aliphatic carbocycles. The molecule has 0 spiro atoms. The van der Waals surface area contributed by atoms with Crippen molar-refractivity contribution < 1.29 is 13.2 Å². The van der Waals surface area contributed by atoms with Crippen LogP contribution in [-0.4, -0.2) is 11.5 Å². The maximum absolute atomic E-state index is 13.1. The zero-order valence-corrected chi connectivity index (χ0v) is 10.8. The number of rotatable bonds is 0. The topological polar surface area (TPSA) is 44.9 Å². The number of anilines is 1. The second kappa shape index (κ2) is 4.26. The van der Waals surface area contributed by atoms with E-state index in [4.69, 9.17) is 0 Å². The average molecular weight is 282 g/mol. The van der Waals surface area contributed by atoms with Gasteiger partial charge in [0.25, 0.3) is 0 Å². The molecule has 0 saturated heterocycles. The van der Waals surface area contributed by atoms with Gasteiger partial charge < -0.3 is 10.3 Å². The first-order valence-corrected chi connectivity index (χ1v) is 6.38. The summed E-state index contributed by atoms with van der Waals surface area (Å²) in [5.41, 5.74) is 0.253. The predicted octanol–water partition coefficient (Wildman–Crippen LogP) is 3.47. The van der Waals surface area contributed by atoms with Crippen LogP contribution in [0, 0.1) is 0 Å². The van der Waals surface area contributed by atoms with Gasteiger partial charge in [-0.15, -0.1) is 0 Å². The summed E-state index contributed by atoms with van der Waals surface area (Å²) in [6.45, 7) is 2.77. The number of H-pyrrole nitrogens is 1. The first-order chi connectivity index (χ1) is 9.36. The van der Waals surface area contributed by atoms with Crippen LogP contribution >= 0.6 is 0 Å².